The Morgan fingerprint density at radius 3 is 2.41 bits per heavy atom. The van der Waals surface area contributed by atoms with E-state index in [0.717, 1.165) is 6.42 Å². The molecule has 0 aromatic heterocycles. The van der Waals surface area contributed by atoms with Crippen molar-refractivity contribution in [1.82, 2.24) is 5.32 Å². The number of carbonyl (C=O) groups excluding carboxylic acids is 1. The number of carbonyl (C=O) groups is 1. The first kappa shape index (κ1) is 16.1. The summed E-state index contributed by atoms with van der Waals surface area (Å²) in [5.41, 5.74) is 8.03. The Hall–Kier alpha value is -2.29. The van der Waals surface area contributed by atoms with Crippen molar-refractivity contribution in [3.8, 4) is 0 Å². The van der Waals surface area contributed by atoms with E-state index in [2.05, 4.69) is 38.2 Å². The molecule has 2 aromatic rings. The number of amides is 1. The SMILES string of the molecule is CCC(NC(=O)c1cccc(N)c1)C(C)(C)c1ccccc1. The van der Waals surface area contributed by atoms with Gasteiger partial charge in [0.25, 0.3) is 5.91 Å². The molecule has 0 saturated carbocycles. The Morgan fingerprint density at radius 1 is 1.14 bits per heavy atom. The lowest BCUT2D eigenvalue weighted by molar-refractivity contribution is 0.0916. The maximum atomic E-state index is 12.5. The van der Waals surface area contributed by atoms with Crippen molar-refractivity contribution in [2.75, 3.05) is 5.73 Å². The summed E-state index contributed by atoms with van der Waals surface area (Å²) in [4.78, 5) is 12.5. The molecule has 0 aliphatic carbocycles. The second-order valence-corrected chi connectivity index (χ2v) is 6.15. The van der Waals surface area contributed by atoms with E-state index in [1.54, 1.807) is 24.3 Å². The number of hydrogen-bond donors (Lipinski definition) is 2. The first-order valence-electron chi connectivity index (χ1n) is 7.67. The van der Waals surface area contributed by atoms with Gasteiger partial charge in [-0.1, -0.05) is 57.2 Å². The van der Waals surface area contributed by atoms with Crippen molar-refractivity contribution in [3.05, 3.63) is 65.7 Å². The molecule has 3 N–H and O–H groups in total. The van der Waals surface area contributed by atoms with Crippen molar-refractivity contribution in [2.45, 2.75) is 38.6 Å². The van der Waals surface area contributed by atoms with Gasteiger partial charge in [-0.25, -0.2) is 0 Å². The number of hydrogen-bond acceptors (Lipinski definition) is 2. The summed E-state index contributed by atoms with van der Waals surface area (Å²) in [6.07, 6.45) is 0.857. The van der Waals surface area contributed by atoms with Crippen LogP contribution < -0.4 is 11.1 Å². The zero-order valence-corrected chi connectivity index (χ0v) is 13.5. The van der Waals surface area contributed by atoms with E-state index in [4.69, 9.17) is 5.73 Å². The van der Waals surface area contributed by atoms with Gasteiger partial charge >= 0.3 is 0 Å². The fraction of sp³-hybridized carbons (Fsp3) is 0.316. The lowest BCUT2D eigenvalue weighted by Crippen LogP contribution is -2.47. The molecule has 0 bridgehead atoms. The highest BCUT2D eigenvalue weighted by atomic mass is 16.1. The third-order valence-electron chi connectivity index (χ3n) is 4.25. The van der Waals surface area contributed by atoms with E-state index in [1.807, 2.05) is 18.2 Å². The van der Waals surface area contributed by atoms with Gasteiger partial charge in [0.1, 0.15) is 0 Å². The molecule has 0 radical (unpaired) electrons. The molecule has 1 atom stereocenters. The summed E-state index contributed by atoms with van der Waals surface area (Å²) >= 11 is 0. The fourth-order valence-electron chi connectivity index (χ4n) is 2.78. The molecular weight excluding hydrogens is 272 g/mol. The van der Waals surface area contributed by atoms with Crippen molar-refractivity contribution >= 4 is 11.6 Å². The molecule has 2 rings (SSSR count). The molecule has 22 heavy (non-hydrogen) atoms. The normalized spacial score (nSPS) is 12.7. The molecule has 2 aromatic carbocycles. The molecular formula is C19H24N2O. The van der Waals surface area contributed by atoms with Crippen molar-refractivity contribution in [1.29, 1.82) is 0 Å². The van der Waals surface area contributed by atoms with Gasteiger partial charge in [0.05, 0.1) is 0 Å². The molecule has 116 valence electrons. The predicted molar refractivity (Wildman–Crippen MR) is 91.9 cm³/mol. The van der Waals surface area contributed by atoms with Crippen LogP contribution in [0.3, 0.4) is 0 Å². The minimum atomic E-state index is -0.147. The molecule has 0 aliphatic rings. The summed E-state index contributed by atoms with van der Waals surface area (Å²) < 4.78 is 0. The third kappa shape index (κ3) is 3.48. The van der Waals surface area contributed by atoms with Crippen LogP contribution in [0.1, 0.15) is 43.1 Å². The first-order chi connectivity index (χ1) is 10.4. The molecule has 1 unspecified atom stereocenters. The zero-order chi connectivity index (χ0) is 16.2. The third-order valence-corrected chi connectivity index (χ3v) is 4.25. The standard InChI is InChI=1S/C19H24N2O/c1-4-17(19(2,3)15-10-6-5-7-11-15)21-18(22)14-9-8-12-16(20)13-14/h5-13,17H,4,20H2,1-3H3,(H,21,22). The number of benzene rings is 2. The number of nitrogens with two attached hydrogens (primary N) is 1. The van der Waals surface area contributed by atoms with Gasteiger partial charge in [-0.3, -0.25) is 4.79 Å². The largest absolute Gasteiger partial charge is 0.399 e. The van der Waals surface area contributed by atoms with Gasteiger partial charge in [0.15, 0.2) is 0 Å². The summed E-state index contributed by atoms with van der Waals surface area (Å²) in [6.45, 7) is 6.42. The van der Waals surface area contributed by atoms with Crippen LogP contribution >= 0.6 is 0 Å². The van der Waals surface area contributed by atoms with Gasteiger partial charge in [-0.2, -0.15) is 0 Å². The maximum Gasteiger partial charge on any atom is 0.251 e. The second kappa shape index (κ2) is 6.65. The highest BCUT2D eigenvalue weighted by Gasteiger charge is 2.31. The second-order valence-electron chi connectivity index (χ2n) is 6.15. The molecule has 0 saturated heterocycles. The summed E-state index contributed by atoms with van der Waals surface area (Å²) in [7, 11) is 0. The first-order valence-corrected chi connectivity index (χ1v) is 7.67. The smallest absolute Gasteiger partial charge is 0.251 e. The Kier molecular flexibility index (Phi) is 4.86. The number of nitrogens with one attached hydrogen (secondary N) is 1. The minimum Gasteiger partial charge on any atom is -0.399 e. The predicted octanol–water partition coefficient (Wildman–Crippen LogP) is 3.76. The molecule has 0 fully saturated rings. The Balaban J connectivity index is 2.20. The highest BCUT2D eigenvalue weighted by molar-refractivity contribution is 5.95. The van der Waals surface area contributed by atoms with E-state index < -0.39 is 0 Å². The van der Waals surface area contributed by atoms with Crippen molar-refractivity contribution in [3.63, 3.8) is 0 Å². The van der Waals surface area contributed by atoms with E-state index in [9.17, 15) is 4.79 Å². The van der Waals surface area contributed by atoms with Crippen LogP contribution in [-0.2, 0) is 5.41 Å². The van der Waals surface area contributed by atoms with Crippen LogP contribution in [0.15, 0.2) is 54.6 Å². The van der Waals surface area contributed by atoms with Crippen LogP contribution in [0.4, 0.5) is 5.69 Å². The van der Waals surface area contributed by atoms with E-state index in [1.165, 1.54) is 5.56 Å². The van der Waals surface area contributed by atoms with E-state index in [0.29, 0.717) is 11.3 Å². The number of nitrogen functional groups attached to an aromatic ring is 1. The van der Waals surface area contributed by atoms with Gasteiger partial charge in [-0.05, 0) is 30.2 Å². The lowest BCUT2D eigenvalue weighted by Gasteiger charge is -2.35. The number of rotatable bonds is 5. The van der Waals surface area contributed by atoms with E-state index >= 15 is 0 Å². The average Bonchev–Trinajstić information content (AvgIpc) is 2.53. The molecule has 3 nitrogen and oxygen atoms in total. The summed E-state index contributed by atoms with van der Waals surface area (Å²) in [5.74, 6) is -0.0804. The minimum absolute atomic E-state index is 0.0452. The van der Waals surface area contributed by atoms with Crippen LogP contribution in [0.25, 0.3) is 0 Å². The lowest BCUT2D eigenvalue weighted by atomic mass is 9.76. The van der Waals surface area contributed by atoms with Crippen LogP contribution in [0.2, 0.25) is 0 Å². The van der Waals surface area contributed by atoms with Gasteiger partial charge < -0.3 is 11.1 Å². The Labute approximate surface area is 132 Å². The van der Waals surface area contributed by atoms with Crippen molar-refractivity contribution in [2.24, 2.45) is 0 Å². The topological polar surface area (TPSA) is 55.1 Å². The average molecular weight is 296 g/mol. The van der Waals surface area contributed by atoms with Crippen LogP contribution in [0.5, 0.6) is 0 Å². The summed E-state index contributed by atoms with van der Waals surface area (Å²) in [5, 5.41) is 3.15. The molecule has 0 spiro atoms. The Morgan fingerprint density at radius 2 is 1.82 bits per heavy atom. The van der Waals surface area contributed by atoms with Gasteiger partial charge in [0.2, 0.25) is 0 Å². The molecule has 1 amide bonds. The van der Waals surface area contributed by atoms with Gasteiger partial charge in [0, 0.05) is 22.7 Å². The summed E-state index contributed by atoms with van der Waals surface area (Å²) in [6, 6.07) is 17.4. The maximum absolute atomic E-state index is 12.5. The van der Waals surface area contributed by atoms with E-state index in [-0.39, 0.29) is 17.4 Å². The Bertz CT molecular complexity index is 635. The fourth-order valence-corrected chi connectivity index (χ4v) is 2.78. The molecule has 3 heteroatoms. The molecule has 0 aliphatic heterocycles. The zero-order valence-electron chi connectivity index (χ0n) is 13.5. The number of anilines is 1. The monoisotopic (exact) mass is 296 g/mol. The van der Waals surface area contributed by atoms with Crippen LogP contribution in [-0.4, -0.2) is 11.9 Å². The van der Waals surface area contributed by atoms with Gasteiger partial charge in [-0.15, -0.1) is 0 Å². The molecule has 0 heterocycles. The van der Waals surface area contributed by atoms with Crippen LogP contribution in [0, 0.1) is 0 Å². The van der Waals surface area contributed by atoms with Crippen molar-refractivity contribution < 1.29 is 4.79 Å². The highest BCUT2D eigenvalue weighted by Crippen LogP contribution is 2.29. The quantitative estimate of drug-likeness (QED) is 0.826.